The van der Waals surface area contributed by atoms with Crippen LogP contribution in [0.5, 0.6) is 0 Å². The van der Waals surface area contributed by atoms with E-state index in [0.717, 1.165) is 9.13 Å². The molecule has 5 nitrogen and oxygen atoms in total. The third kappa shape index (κ3) is 5.60. The summed E-state index contributed by atoms with van der Waals surface area (Å²) in [5.41, 5.74) is 2.16. The molecule has 0 spiro atoms. The first kappa shape index (κ1) is 17.9. The van der Waals surface area contributed by atoms with Gasteiger partial charge in [0.25, 0.3) is 10.1 Å². The highest BCUT2D eigenvalue weighted by molar-refractivity contribution is 14.1. The Kier molecular flexibility index (Phi) is 6.11. The van der Waals surface area contributed by atoms with Gasteiger partial charge in [-0.25, -0.2) is 5.84 Å². The molecule has 114 valence electrons. The maximum Gasteiger partial charge on any atom is 0.295 e. The second-order valence-corrected chi connectivity index (χ2v) is 7.28. The highest BCUT2D eigenvalue weighted by Crippen LogP contribution is 2.20. The van der Waals surface area contributed by atoms with Crippen molar-refractivity contribution in [1.29, 1.82) is 0 Å². The lowest BCUT2D eigenvalue weighted by atomic mass is 10.1. The average molecular weight is 421 g/mol. The number of nitrogens with two attached hydrogens (primary N) is 1. The fourth-order valence-corrected chi connectivity index (χ4v) is 3.50. The van der Waals surface area contributed by atoms with Crippen LogP contribution in [0.4, 0.5) is 0 Å². The fourth-order valence-electron chi connectivity index (χ4n) is 2.04. The number of pyridine rings is 1. The first-order chi connectivity index (χ1) is 9.61. The Morgan fingerprint density at radius 2 is 1.71 bits per heavy atom. The summed E-state index contributed by atoms with van der Waals surface area (Å²) in [7, 11) is -4.08. The standard InChI is InChI=1S/C9H12O3S.C5H6IN2/c1-6-4-7(2)9(8(3)5-6)13(10,11)12;6-5-2-1-3-8(7)4-5/h4-5H,1-3H3,(H,10,11,12);1-4H,7H2/q;+1. The monoisotopic (exact) mass is 421 g/mol. The van der Waals surface area contributed by atoms with Gasteiger partial charge in [-0.05, 0) is 60.6 Å². The van der Waals surface area contributed by atoms with Crippen LogP contribution in [0.3, 0.4) is 0 Å². The number of nitrogen functional groups attached to an aromatic ring is 1. The van der Waals surface area contributed by atoms with Crippen molar-refractivity contribution in [2.45, 2.75) is 25.7 Å². The van der Waals surface area contributed by atoms with Crippen LogP contribution in [-0.4, -0.2) is 13.0 Å². The van der Waals surface area contributed by atoms with Crippen LogP contribution < -0.4 is 10.5 Å². The molecule has 0 saturated heterocycles. The van der Waals surface area contributed by atoms with Gasteiger partial charge in [0.05, 0.1) is 8.47 Å². The number of hydrogen-bond acceptors (Lipinski definition) is 3. The van der Waals surface area contributed by atoms with Gasteiger partial charge >= 0.3 is 0 Å². The second-order valence-electron chi connectivity index (χ2n) is 4.67. The molecule has 1 heterocycles. The molecule has 0 atom stereocenters. The molecule has 0 saturated carbocycles. The molecule has 0 aliphatic carbocycles. The zero-order chi connectivity index (χ0) is 16.2. The fraction of sp³-hybridized carbons (Fsp3) is 0.214. The van der Waals surface area contributed by atoms with E-state index in [9.17, 15) is 8.42 Å². The van der Waals surface area contributed by atoms with Crippen LogP contribution in [0.2, 0.25) is 0 Å². The summed E-state index contributed by atoms with van der Waals surface area (Å²) in [5, 5.41) is 0. The molecule has 0 unspecified atom stereocenters. The maximum absolute atomic E-state index is 10.9. The zero-order valence-corrected chi connectivity index (χ0v) is 15.0. The van der Waals surface area contributed by atoms with E-state index in [4.69, 9.17) is 10.4 Å². The number of rotatable bonds is 1. The van der Waals surface area contributed by atoms with E-state index >= 15 is 0 Å². The first-order valence-corrected chi connectivity index (χ1v) is 8.60. The molecule has 0 amide bonds. The molecular weight excluding hydrogens is 403 g/mol. The second kappa shape index (κ2) is 7.19. The van der Waals surface area contributed by atoms with Gasteiger partial charge in [0.1, 0.15) is 0 Å². The molecule has 2 rings (SSSR count). The van der Waals surface area contributed by atoms with Crippen LogP contribution in [-0.2, 0) is 10.1 Å². The summed E-state index contributed by atoms with van der Waals surface area (Å²) in [6.07, 6.45) is 3.64. The minimum absolute atomic E-state index is 0.0260. The molecule has 7 heteroatoms. The summed E-state index contributed by atoms with van der Waals surface area (Å²) in [5.74, 6) is 5.37. The molecule has 21 heavy (non-hydrogen) atoms. The van der Waals surface area contributed by atoms with Crippen LogP contribution in [0.1, 0.15) is 16.7 Å². The highest BCUT2D eigenvalue weighted by Gasteiger charge is 2.15. The smallest absolute Gasteiger partial charge is 0.282 e. The van der Waals surface area contributed by atoms with Gasteiger partial charge in [0, 0.05) is 6.07 Å². The minimum atomic E-state index is -4.08. The van der Waals surface area contributed by atoms with Gasteiger partial charge in [-0.1, -0.05) is 22.4 Å². The van der Waals surface area contributed by atoms with E-state index in [-0.39, 0.29) is 4.90 Å². The van der Waals surface area contributed by atoms with Crippen molar-refractivity contribution in [2.75, 3.05) is 5.84 Å². The summed E-state index contributed by atoms with van der Waals surface area (Å²) < 4.78 is 33.5. The van der Waals surface area contributed by atoms with Crippen molar-refractivity contribution in [3.8, 4) is 0 Å². The van der Waals surface area contributed by atoms with Crippen molar-refractivity contribution in [2.24, 2.45) is 0 Å². The lowest BCUT2D eigenvalue weighted by Gasteiger charge is -2.07. The Morgan fingerprint density at radius 3 is 2.05 bits per heavy atom. The Hall–Kier alpha value is -1.19. The molecule has 0 aliphatic rings. The van der Waals surface area contributed by atoms with Crippen molar-refractivity contribution in [3.63, 3.8) is 0 Å². The summed E-state index contributed by atoms with van der Waals surface area (Å²) in [6.45, 7) is 5.22. The van der Waals surface area contributed by atoms with E-state index in [2.05, 4.69) is 22.6 Å². The molecule has 3 N–H and O–H groups in total. The third-order valence-corrected chi connectivity index (χ3v) is 4.45. The number of benzene rings is 1. The van der Waals surface area contributed by atoms with Gasteiger partial charge < -0.3 is 0 Å². The summed E-state index contributed by atoms with van der Waals surface area (Å²) in [4.78, 5) is 0.0260. The van der Waals surface area contributed by atoms with Crippen molar-refractivity contribution < 1.29 is 17.6 Å². The quantitative estimate of drug-likeness (QED) is 0.320. The molecule has 2 aromatic rings. The number of halogens is 1. The Labute approximate surface area is 138 Å². The van der Waals surface area contributed by atoms with Crippen LogP contribution in [0, 0.1) is 24.3 Å². The van der Waals surface area contributed by atoms with E-state index in [1.54, 1.807) is 32.2 Å². The molecule has 1 aromatic heterocycles. The predicted molar refractivity (Wildman–Crippen MR) is 90.0 cm³/mol. The lowest BCUT2D eigenvalue weighted by molar-refractivity contribution is -0.639. The lowest BCUT2D eigenvalue weighted by Crippen LogP contribution is -2.43. The minimum Gasteiger partial charge on any atom is -0.282 e. The Morgan fingerprint density at radius 1 is 1.19 bits per heavy atom. The first-order valence-electron chi connectivity index (χ1n) is 6.08. The van der Waals surface area contributed by atoms with E-state index < -0.39 is 10.1 Å². The maximum atomic E-state index is 10.9. The molecule has 0 radical (unpaired) electrons. The zero-order valence-electron chi connectivity index (χ0n) is 12.0. The highest BCUT2D eigenvalue weighted by atomic mass is 127. The van der Waals surface area contributed by atoms with Crippen molar-refractivity contribution >= 4 is 32.7 Å². The van der Waals surface area contributed by atoms with Gasteiger partial charge in [0.15, 0.2) is 6.20 Å². The summed E-state index contributed by atoms with van der Waals surface area (Å²) in [6, 6.07) is 7.36. The van der Waals surface area contributed by atoms with Crippen LogP contribution in [0.25, 0.3) is 0 Å². The van der Waals surface area contributed by atoms with Crippen molar-refractivity contribution in [1.82, 2.24) is 0 Å². The number of hydrogen-bond donors (Lipinski definition) is 2. The Bertz CT molecular complexity index is 705. The topological polar surface area (TPSA) is 84.3 Å². The van der Waals surface area contributed by atoms with E-state index in [1.807, 2.05) is 25.3 Å². The van der Waals surface area contributed by atoms with Crippen molar-refractivity contribution in [3.05, 3.63) is 56.9 Å². The number of aryl methyl sites for hydroxylation is 3. The Balaban J connectivity index is 0.000000235. The van der Waals surface area contributed by atoms with Gasteiger partial charge in [-0.2, -0.15) is 8.42 Å². The molecular formula is C14H18IN2O3S+. The van der Waals surface area contributed by atoms with Gasteiger partial charge in [0.2, 0.25) is 6.20 Å². The molecule has 1 aromatic carbocycles. The third-order valence-electron chi connectivity index (χ3n) is 2.65. The average Bonchev–Trinajstić information content (AvgIpc) is 2.25. The SMILES string of the molecule is Cc1cc(C)c(S(=O)(=O)O)c(C)c1.N[n+]1cccc(I)c1. The van der Waals surface area contributed by atoms with Gasteiger partial charge in [-0.15, -0.1) is 0 Å². The molecule has 0 aliphatic heterocycles. The van der Waals surface area contributed by atoms with E-state index in [0.29, 0.717) is 11.1 Å². The molecule has 0 fully saturated rings. The molecule has 0 bridgehead atoms. The normalized spacial score (nSPS) is 10.7. The summed E-state index contributed by atoms with van der Waals surface area (Å²) >= 11 is 2.20. The van der Waals surface area contributed by atoms with Gasteiger partial charge in [-0.3, -0.25) is 4.55 Å². The predicted octanol–water partition coefficient (Wildman–Crippen LogP) is 2.15. The number of aromatic nitrogens is 1. The van der Waals surface area contributed by atoms with Crippen LogP contribution >= 0.6 is 22.6 Å². The largest absolute Gasteiger partial charge is 0.295 e. The number of nitrogens with zero attached hydrogens (tertiary/aromatic N) is 1. The van der Waals surface area contributed by atoms with Crippen LogP contribution in [0.15, 0.2) is 41.6 Å². The van der Waals surface area contributed by atoms with E-state index in [1.165, 1.54) is 4.68 Å².